The van der Waals surface area contributed by atoms with Crippen LogP contribution < -0.4 is 5.73 Å². The number of likely N-dealkylation sites (N-methyl/N-ethyl adjacent to an activating group) is 1. The highest BCUT2D eigenvalue weighted by Crippen LogP contribution is 2.24. The molecule has 4 heteroatoms. The third-order valence-corrected chi connectivity index (χ3v) is 4.06. The Morgan fingerprint density at radius 1 is 1.29 bits per heavy atom. The van der Waals surface area contributed by atoms with E-state index >= 15 is 0 Å². The van der Waals surface area contributed by atoms with Crippen molar-refractivity contribution in [2.75, 3.05) is 27.3 Å². The Labute approximate surface area is 126 Å². The molecule has 2 atom stereocenters. The molecule has 1 heterocycles. The lowest BCUT2D eigenvalue weighted by Gasteiger charge is -2.32. The lowest BCUT2D eigenvalue weighted by Crippen LogP contribution is -2.39. The molecule has 0 amide bonds. The lowest BCUT2D eigenvalue weighted by atomic mass is 10.0. The zero-order chi connectivity index (χ0) is 15.4. The number of rotatable bonds is 6. The molecule has 21 heavy (non-hydrogen) atoms. The lowest BCUT2D eigenvalue weighted by molar-refractivity contribution is 0.0911. The molecule has 1 aromatic carbocycles. The molecule has 0 saturated heterocycles. The maximum absolute atomic E-state index is 6.01. The van der Waals surface area contributed by atoms with E-state index in [1.54, 1.807) is 7.11 Å². The number of aromatic nitrogens is 1. The van der Waals surface area contributed by atoms with Crippen LogP contribution in [0.25, 0.3) is 10.9 Å². The Hall–Kier alpha value is -1.49. The van der Waals surface area contributed by atoms with Crippen molar-refractivity contribution in [2.24, 2.45) is 5.73 Å². The zero-order valence-electron chi connectivity index (χ0n) is 13.3. The second-order valence-electron chi connectivity index (χ2n) is 5.63. The molecule has 2 N–H and O–H groups in total. The highest BCUT2D eigenvalue weighted by Gasteiger charge is 2.20. The van der Waals surface area contributed by atoms with Gasteiger partial charge in [-0.25, -0.2) is 0 Å². The molecule has 4 nitrogen and oxygen atoms in total. The van der Waals surface area contributed by atoms with Crippen LogP contribution in [0.4, 0.5) is 0 Å². The Balaban J connectivity index is 2.31. The molecule has 0 aliphatic heterocycles. The predicted octanol–water partition coefficient (Wildman–Crippen LogP) is 2.51. The first-order valence-electron chi connectivity index (χ1n) is 7.35. The number of hydrogen-bond donors (Lipinski definition) is 1. The quantitative estimate of drug-likeness (QED) is 0.887. The molecule has 0 saturated carbocycles. The number of hydrogen-bond acceptors (Lipinski definition) is 4. The van der Waals surface area contributed by atoms with E-state index in [9.17, 15) is 0 Å². The molecule has 0 spiro atoms. The summed E-state index contributed by atoms with van der Waals surface area (Å²) in [5.41, 5.74) is 9.30. The molecule has 0 aliphatic carbocycles. The van der Waals surface area contributed by atoms with Gasteiger partial charge in [-0.2, -0.15) is 0 Å². The van der Waals surface area contributed by atoms with Gasteiger partial charge in [-0.15, -0.1) is 0 Å². The molecule has 0 fully saturated rings. The van der Waals surface area contributed by atoms with Crippen molar-refractivity contribution in [1.29, 1.82) is 0 Å². The van der Waals surface area contributed by atoms with Gasteiger partial charge in [-0.05, 0) is 44.7 Å². The van der Waals surface area contributed by atoms with Crippen molar-refractivity contribution in [3.63, 3.8) is 0 Å². The van der Waals surface area contributed by atoms with Crippen molar-refractivity contribution >= 4 is 10.9 Å². The number of aryl methyl sites for hydroxylation is 1. The summed E-state index contributed by atoms with van der Waals surface area (Å²) in [6.07, 6.45) is 0. The largest absolute Gasteiger partial charge is 0.383 e. The third-order valence-electron chi connectivity index (χ3n) is 4.06. The SMILES string of the molecule is COCC(C)N(C)C(CN)c1ccc2nc(C)ccc2c1. The standard InChI is InChI=1S/C17H25N3O/c1-12-5-6-14-9-15(7-8-16(14)19-12)17(10-18)20(3)13(2)11-21-4/h5-9,13,17H,10-11,18H2,1-4H3. The Kier molecular flexibility index (Phi) is 5.28. The van der Waals surface area contributed by atoms with Crippen molar-refractivity contribution in [3.8, 4) is 0 Å². The summed E-state index contributed by atoms with van der Waals surface area (Å²) in [5, 5.41) is 1.16. The minimum atomic E-state index is 0.181. The van der Waals surface area contributed by atoms with Crippen LogP contribution in [0.3, 0.4) is 0 Å². The van der Waals surface area contributed by atoms with E-state index in [0.29, 0.717) is 19.2 Å². The summed E-state index contributed by atoms with van der Waals surface area (Å²) in [6, 6.07) is 11.1. The number of nitrogens with two attached hydrogens (primary N) is 1. The average molecular weight is 287 g/mol. The first-order chi connectivity index (χ1) is 10.1. The monoisotopic (exact) mass is 287 g/mol. The van der Waals surface area contributed by atoms with Gasteiger partial charge >= 0.3 is 0 Å². The first-order valence-corrected chi connectivity index (χ1v) is 7.35. The average Bonchev–Trinajstić information content (AvgIpc) is 2.48. The highest BCUT2D eigenvalue weighted by molar-refractivity contribution is 5.79. The summed E-state index contributed by atoms with van der Waals surface area (Å²) in [5.74, 6) is 0. The summed E-state index contributed by atoms with van der Waals surface area (Å²) in [7, 11) is 3.82. The van der Waals surface area contributed by atoms with E-state index < -0.39 is 0 Å². The minimum absolute atomic E-state index is 0.181. The fraction of sp³-hybridized carbons (Fsp3) is 0.471. The van der Waals surface area contributed by atoms with Gasteiger partial charge in [-0.1, -0.05) is 12.1 Å². The maximum Gasteiger partial charge on any atom is 0.0705 e. The van der Waals surface area contributed by atoms with E-state index in [1.807, 2.05) is 13.0 Å². The topological polar surface area (TPSA) is 51.4 Å². The second-order valence-corrected chi connectivity index (χ2v) is 5.63. The molecular formula is C17H25N3O. The molecule has 2 rings (SSSR count). The number of nitrogens with zero attached hydrogens (tertiary/aromatic N) is 2. The fourth-order valence-corrected chi connectivity index (χ4v) is 2.66. The fourth-order valence-electron chi connectivity index (χ4n) is 2.66. The van der Waals surface area contributed by atoms with Crippen LogP contribution in [0.15, 0.2) is 30.3 Å². The van der Waals surface area contributed by atoms with E-state index in [4.69, 9.17) is 10.5 Å². The number of pyridine rings is 1. The molecule has 0 bridgehead atoms. The summed E-state index contributed by atoms with van der Waals surface area (Å²) in [4.78, 5) is 6.82. The zero-order valence-corrected chi connectivity index (χ0v) is 13.3. The minimum Gasteiger partial charge on any atom is -0.383 e. The molecular weight excluding hydrogens is 262 g/mol. The van der Waals surface area contributed by atoms with Gasteiger partial charge in [0, 0.05) is 36.8 Å². The van der Waals surface area contributed by atoms with Crippen molar-refractivity contribution in [3.05, 3.63) is 41.6 Å². The van der Waals surface area contributed by atoms with Crippen LogP contribution in [0.1, 0.15) is 24.2 Å². The summed E-state index contributed by atoms with van der Waals surface area (Å²) >= 11 is 0. The third kappa shape index (κ3) is 3.59. The van der Waals surface area contributed by atoms with Gasteiger partial charge in [0.25, 0.3) is 0 Å². The highest BCUT2D eigenvalue weighted by atomic mass is 16.5. The van der Waals surface area contributed by atoms with Gasteiger partial charge < -0.3 is 10.5 Å². The van der Waals surface area contributed by atoms with E-state index in [-0.39, 0.29) is 6.04 Å². The molecule has 0 radical (unpaired) electrons. The van der Waals surface area contributed by atoms with Gasteiger partial charge in [0.15, 0.2) is 0 Å². The molecule has 2 aromatic rings. The van der Waals surface area contributed by atoms with Crippen LogP contribution in [0.5, 0.6) is 0 Å². The Bertz CT molecular complexity index is 600. The van der Waals surface area contributed by atoms with E-state index in [2.05, 4.69) is 48.1 Å². The van der Waals surface area contributed by atoms with Crippen LogP contribution >= 0.6 is 0 Å². The van der Waals surface area contributed by atoms with Crippen LogP contribution in [0.2, 0.25) is 0 Å². The van der Waals surface area contributed by atoms with Gasteiger partial charge in [0.05, 0.1) is 12.1 Å². The molecule has 0 aliphatic rings. The van der Waals surface area contributed by atoms with E-state index in [0.717, 1.165) is 16.6 Å². The summed E-state index contributed by atoms with van der Waals surface area (Å²) < 4.78 is 5.25. The normalized spacial score (nSPS) is 14.6. The van der Waals surface area contributed by atoms with Crippen LogP contribution in [-0.4, -0.2) is 43.2 Å². The van der Waals surface area contributed by atoms with Crippen molar-refractivity contribution in [1.82, 2.24) is 9.88 Å². The Morgan fingerprint density at radius 2 is 2.05 bits per heavy atom. The number of benzene rings is 1. The smallest absolute Gasteiger partial charge is 0.0705 e. The van der Waals surface area contributed by atoms with Crippen LogP contribution in [-0.2, 0) is 4.74 Å². The van der Waals surface area contributed by atoms with Gasteiger partial charge in [0.1, 0.15) is 0 Å². The second kappa shape index (κ2) is 6.98. The Morgan fingerprint density at radius 3 is 2.71 bits per heavy atom. The van der Waals surface area contributed by atoms with Gasteiger partial charge in [-0.3, -0.25) is 9.88 Å². The van der Waals surface area contributed by atoms with E-state index in [1.165, 1.54) is 5.56 Å². The maximum atomic E-state index is 6.01. The molecule has 1 aromatic heterocycles. The van der Waals surface area contributed by atoms with Crippen molar-refractivity contribution < 1.29 is 4.74 Å². The summed E-state index contributed by atoms with van der Waals surface area (Å²) in [6.45, 7) is 5.44. The molecule has 2 unspecified atom stereocenters. The number of fused-ring (bicyclic) bond motifs is 1. The van der Waals surface area contributed by atoms with Crippen molar-refractivity contribution in [2.45, 2.75) is 25.9 Å². The van der Waals surface area contributed by atoms with Gasteiger partial charge in [0.2, 0.25) is 0 Å². The molecule has 114 valence electrons. The first kappa shape index (κ1) is 15.9. The number of ether oxygens (including phenoxy) is 1. The number of methoxy groups -OCH3 is 1. The van der Waals surface area contributed by atoms with Crippen LogP contribution in [0, 0.1) is 6.92 Å². The predicted molar refractivity (Wildman–Crippen MR) is 87.4 cm³/mol.